The highest BCUT2D eigenvalue weighted by Crippen LogP contribution is 2.47. The first-order valence-electron chi connectivity index (χ1n) is 9.37. The van der Waals surface area contributed by atoms with Gasteiger partial charge in [0.15, 0.2) is 0 Å². The van der Waals surface area contributed by atoms with Gasteiger partial charge >= 0.3 is 6.09 Å². The Labute approximate surface area is 160 Å². The first kappa shape index (κ1) is 18.6. The molecule has 1 amide bonds. The van der Waals surface area contributed by atoms with Crippen LogP contribution in [-0.2, 0) is 4.84 Å². The lowest BCUT2D eigenvalue weighted by molar-refractivity contribution is 0.100. The molecule has 3 rings (SSSR count). The van der Waals surface area contributed by atoms with Gasteiger partial charge in [0.05, 0.1) is 11.4 Å². The number of hydrogen-bond acceptors (Lipinski definition) is 4. The zero-order valence-corrected chi connectivity index (χ0v) is 16.3. The van der Waals surface area contributed by atoms with E-state index in [1.807, 2.05) is 41.3 Å². The summed E-state index contributed by atoms with van der Waals surface area (Å²) in [5.74, 6) is 0. The number of anilines is 2. The van der Waals surface area contributed by atoms with Crippen molar-refractivity contribution in [2.45, 2.75) is 49.3 Å². The normalized spacial score (nSPS) is 12.3. The van der Waals surface area contributed by atoms with Crippen LogP contribution in [0.1, 0.15) is 39.5 Å². The Kier molecular flexibility index (Phi) is 6.45. The monoisotopic (exact) mass is 370 g/mol. The van der Waals surface area contributed by atoms with Crippen LogP contribution in [0.5, 0.6) is 0 Å². The van der Waals surface area contributed by atoms with Crippen molar-refractivity contribution >= 4 is 29.2 Å². The Bertz CT molecular complexity index is 697. The number of fused-ring (bicyclic) bond motifs is 2. The van der Waals surface area contributed by atoms with E-state index in [-0.39, 0.29) is 6.09 Å². The third kappa shape index (κ3) is 4.15. The minimum absolute atomic E-state index is 0.275. The summed E-state index contributed by atoms with van der Waals surface area (Å²) in [5, 5.41) is 1.69. The van der Waals surface area contributed by atoms with Crippen molar-refractivity contribution in [1.82, 2.24) is 4.90 Å². The number of nitrogens with zero attached hydrogens (tertiary/aromatic N) is 2. The molecule has 1 heterocycles. The highest BCUT2D eigenvalue weighted by atomic mass is 32.2. The van der Waals surface area contributed by atoms with Gasteiger partial charge in [-0.15, -0.1) is 0 Å². The summed E-state index contributed by atoms with van der Waals surface area (Å²) in [4.78, 5) is 22.8. The van der Waals surface area contributed by atoms with Crippen molar-refractivity contribution in [1.29, 1.82) is 0 Å². The topological polar surface area (TPSA) is 32.8 Å². The summed E-state index contributed by atoms with van der Waals surface area (Å²) < 4.78 is 0. The summed E-state index contributed by atoms with van der Waals surface area (Å²) in [5.41, 5.74) is 1.82. The minimum atomic E-state index is -0.275. The zero-order chi connectivity index (χ0) is 18.4. The molecule has 0 fully saturated rings. The van der Waals surface area contributed by atoms with Crippen LogP contribution in [0.2, 0.25) is 0 Å². The number of amides is 1. The molecule has 0 aromatic heterocycles. The number of benzene rings is 2. The molecule has 4 nitrogen and oxygen atoms in total. The van der Waals surface area contributed by atoms with Gasteiger partial charge in [0, 0.05) is 22.9 Å². The molecular weight excluding hydrogens is 344 g/mol. The lowest BCUT2D eigenvalue weighted by Gasteiger charge is -2.32. The van der Waals surface area contributed by atoms with E-state index in [1.54, 1.807) is 16.8 Å². The molecule has 0 saturated heterocycles. The fourth-order valence-electron chi connectivity index (χ4n) is 2.90. The molecule has 0 spiro atoms. The SMILES string of the molecule is CCCCN(CCCC)C(=O)ON1c2ccccc2Sc2ccccc21. The van der Waals surface area contributed by atoms with E-state index in [9.17, 15) is 4.79 Å². The van der Waals surface area contributed by atoms with Gasteiger partial charge in [-0.05, 0) is 37.1 Å². The average molecular weight is 371 g/mol. The third-order valence-corrected chi connectivity index (χ3v) is 5.51. The highest BCUT2D eigenvalue weighted by molar-refractivity contribution is 7.99. The van der Waals surface area contributed by atoms with Crippen molar-refractivity contribution in [2.24, 2.45) is 0 Å². The molecule has 2 aromatic carbocycles. The van der Waals surface area contributed by atoms with Gasteiger partial charge in [-0.3, -0.25) is 0 Å². The van der Waals surface area contributed by atoms with E-state index in [0.29, 0.717) is 0 Å². The Hall–Kier alpha value is -2.14. The number of hydrogen-bond donors (Lipinski definition) is 0. The number of para-hydroxylation sites is 2. The summed E-state index contributed by atoms with van der Waals surface area (Å²) in [7, 11) is 0. The standard InChI is InChI=1S/C21H26N2O2S/c1-3-5-15-22(16-6-4-2)21(24)25-23-17-11-7-9-13-19(17)26-20-14-10-8-12-18(20)23/h7-14H,3-6,15-16H2,1-2H3. The maximum atomic E-state index is 12.9. The van der Waals surface area contributed by atoms with Gasteiger partial charge in [0.25, 0.3) is 0 Å². The van der Waals surface area contributed by atoms with Crippen LogP contribution in [0.3, 0.4) is 0 Å². The Balaban J connectivity index is 1.84. The van der Waals surface area contributed by atoms with E-state index in [4.69, 9.17) is 4.84 Å². The van der Waals surface area contributed by atoms with E-state index >= 15 is 0 Å². The molecule has 0 radical (unpaired) electrons. The molecule has 1 aliphatic rings. The van der Waals surface area contributed by atoms with Crippen molar-refractivity contribution in [3.8, 4) is 0 Å². The second-order valence-corrected chi connectivity index (χ2v) is 7.47. The van der Waals surface area contributed by atoms with Gasteiger partial charge in [0.2, 0.25) is 0 Å². The number of rotatable bonds is 7. The zero-order valence-electron chi connectivity index (χ0n) is 15.5. The molecule has 2 aromatic rings. The Morgan fingerprint density at radius 2 is 1.42 bits per heavy atom. The first-order chi connectivity index (χ1) is 12.7. The van der Waals surface area contributed by atoms with Crippen molar-refractivity contribution < 1.29 is 9.63 Å². The number of carbonyl (C=O) groups excluding carboxylic acids is 1. The molecule has 5 heteroatoms. The summed E-state index contributed by atoms with van der Waals surface area (Å²) in [6.07, 6.45) is 3.82. The van der Waals surface area contributed by atoms with E-state index in [1.165, 1.54) is 0 Å². The van der Waals surface area contributed by atoms with Gasteiger partial charge in [0.1, 0.15) is 0 Å². The van der Waals surface area contributed by atoms with Gasteiger partial charge in [-0.1, -0.05) is 62.7 Å². The predicted molar refractivity (Wildman–Crippen MR) is 107 cm³/mol. The van der Waals surface area contributed by atoms with Crippen molar-refractivity contribution in [3.63, 3.8) is 0 Å². The second kappa shape index (κ2) is 8.99. The van der Waals surface area contributed by atoms with Crippen LogP contribution < -0.4 is 5.06 Å². The van der Waals surface area contributed by atoms with Crippen LogP contribution in [0.25, 0.3) is 0 Å². The van der Waals surface area contributed by atoms with Crippen molar-refractivity contribution in [2.75, 3.05) is 18.2 Å². The fourth-order valence-corrected chi connectivity index (χ4v) is 3.94. The van der Waals surface area contributed by atoms with Gasteiger partial charge in [-0.2, -0.15) is 5.06 Å². The van der Waals surface area contributed by atoms with E-state index in [0.717, 1.165) is 59.9 Å². The van der Waals surface area contributed by atoms with E-state index < -0.39 is 0 Å². The highest BCUT2D eigenvalue weighted by Gasteiger charge is 2.27. The van der Waals surface area contributed by atoms with Crippen molar-refractivity contribution in [3.05, 3.63) is 48.5 Å². The molecule has 26 heavy (non-hydrogen) atoms. The van der Waals surface area contributed by atoms with Crippen LogP contribution in [0, 0.1) is 0 Å². The molecule has 0 atom stereocenters. The Morgan fingerprint density at radius 3 is 1.92 bits per heavy atom. The minimum Gasteiger partial charge on any atom is -0.316 e. The Morgan fingerprint density at radius 1 is 0.923 bits per heavy atom. The maximum absolute atomic E-state index is 12.9. The first-order valence-corrected chi connectivity index (χ1v) is 10.2. The van der Waals surface area contributed by atoms with Gasteiger partial charge in [-0.25, -0.2) is 4.79 Å². The molecule has 0 saturated carbocycles. The quantitative estimate of drug-likeness (QED) is 0.577. The lowest BCUT2D eigenvalue weighted by Crippen LogP contribution is -2.38. The molecule has 0 bridgehead atoms. The maximum Gasteiger partial charge on any atom is 0.434 e. The van der Waals surface area contributed by atoms with E-state index in [2.05, 4.69) is 26.0 Å². The lowest BCUT2D eigenvalue weighted by atomic mass is 10.2. The molecule has 138 valence electrons. The molecular formula is C21H26N2O2S. The predicted octanol–water partition coefficient (Wildman–Crippen LogP) is 6.24. The summed E-state index contributed by atoms with van der Waals surface area (Å²) >= 11 is 1.70. The second-order valence-electron chi connectivity index (χ2n) is 6.38. The number of unbranched alkanes of at least 4 members (excludes halogenated alkanes) is 2. The third-order valence-electron chi connectivity index (χ3n) is 4.38. The van der Waals surface area contributed by atoms with Crippen LogP contribution in [-0.4, -0.2) is 24.1 Å². The molecule has 0 N–H and O–H groups in total. The molecule has 0 unspecified atom stereocenters. The largest absolute Gasteiger partial charge is 0.434 e. The van der Waals surface area contributed by atoms with Crippen LogP contribution in [0.15, 0.2) is 58.3 Å². The summed E-state index contributed by atoms with van der Waals surface area (Å²) in [6, 6.07) is 16.1. The molecule has 0 aliphatic carbocycles. The average Bonchev–Trinajstić information content (AvgIpc) is 2.67. The fraction of sp³-hybridized carbons (Fsp3) is 0.381. The smallest absolute Gasteiger partial charge is 0.316 e. The summed E-state index contributed by atoms with van der Waals surface area (Å²) in [6.45, 7) is 5.75. The van der Waals surface area contributed by atoms with Gasteiger partial charge < -0.3 is 9.74 Å². The number of carbonyl (C=O) groups is 1. The molecule has 1 aliphatic heterocycles. The van der Waals surface area contributed by atoms with Crippen LogP contribution >= 0.6 is 11.8 Å². The van der Waals surface area contributed by atoms with Crippen LogP contribution in [0.4, 0.5) is 16.2 Å².